The van der Waals surface area contributed by atoms with Crippen LogP contribution in [-0.4, -0.2) is 67.7 Å². The first-order chi connectivity index (χ1) is 18.7. The molecule has 3 aromatic heterocycles. The first-order valence-corrected chi connectivity index (χ1v) is 11.7. The average Bonchev–Trinajstić information content (AvgIpc) is 3.28. The number of anilines is 1. The molecule has 16 heteroatoms. The highest BCUT2D eigenvalue weighted by Gasteiger charge is 2.45. The summed E-state index contributed by atoms with van der Waals surface area (Å²) in [5, 5.41) is 6.70. The Labute approximate surface area is 220 Å². The summed E-state index contributed by atoms with van der Waals surface area (Å²) >= 11 is 0. The third kappa shape index (κ3) is 5.11. The molecule has 1 unspecified atom stereocenters. The van der Waals surface area contributed by atoms with E-state index in [-0.39, 0.29) is 23.6 Å². The number of pyridine rings is 2. The standard InChI is InChI=1S/C24H20F7N7O2/c1-36-20-15-6-14(17(25)7-18(15)35-21(32)16(20)9-34-36)22(39)38(37-4-5-40-19(11-37)24(29,30)31)10-13-3-2-12(8-33-13)23(26,27)28/h2-3,6-9,19H,4-5,10-11H2,1H3,(H2,32,35). The number of morpholine rings is 1. The number of carbonyl (C=O) groups is 1. The van der Waals surface area contributed by atoms with E-state index in [1.54, 1.807) is 7.05 Å². The lowest BCUT2D eigenvalue weighted by Gasteiger charge is -2.40. The number of fused-ring (bicyclic) bond motifs is 3. The Balaban J connectivity index is 1.58. The zero-order valence-corrected chi connectivity index (χ0v) is 20.6. The molecule has 0 aliphatic carbocycles. The van der Waals surface area contributed by atoms with Gasteiger partial charge in [0.05, 0.1) is 59.1 Å². The zero-order valence-electron chi connectivity index (χ0n) is 20.6. The first kappa shape index (κ1) is 27.5. The number of alkyl halides is 6. The van der Waals surface area contributed by atoms with Crippen LogP contribution in [0.5, 0.6) is 0 Å². The molecule has 0 radical (unpaired) electrons. The fourth-order valence-electron chi connectivity index (χ4n) is 4.47. The van der Waals surface area contributed by atoms with Gasteiger partial charge in [-0.05, 0) is 18.2 Å². The molecule has 40 heavy (non-hydrogen) atoms. The molecule has 9 nitrogen and oxygen atoms in total. The van der Waals surface area contributed by atoms with Crippen molar-refractivity contribution in [2.75, 3.05) is 25.4 Å². The van der Waals surface area contributed by atoms with Crippen LogP contribution < -0.4 is 5.73 Å². The van der Waals surface area contributed by atoms with Crippen LogP contribution in [0.4, 0.5) is 36.6 Å². The van der Waals surface area contributed by atoms with E-state index >= 15 is 4.39 Å². The number of aromatic nitrogens is 4. The highest BCUT2D eigenvalue weighted by atomic mass is 19.4. The second-order valence-electron chi connectivity index (χ2n) is 9.09. The molecule has 1 aromatic carbocycles. The van der Waals surface area contributed by atoms with Crippen LogP contribution in [0.3, 0.4) is 0 Å². The summed E-state index contributed by atoms with van der Waals surface area (Å²) < 4.78 is 101. The van der Waals surface area contributed by atoms with Crippen LogP contribution in [0.2, 0.25) is 0 Å². The van der Waals surface area contributed by atoms with Crippen molar-refractivity contribution in [1.82, 2.24) is 29.8 Å². The Hall–Kier alpha value is -4.05. The Morgan fingerprint density at radius 1 is 1.15 bits per heavy atom. The molecule has 1 aliphatic rings. The summed E-state index contributed by atoms with van der Waals surface area (Å²) in [5.41, 5.74) is 4.87. The summed E-state index contributed by atoms with van der Waals surface area (Å²) in [6, 6.07) is 3.89. The molecule has 4 heterocycles. The number of hydrogen-bond acceptors (Lipinski definition) is 7. The van der Waals surface area contributed by atoms with Gasteiger partial charge in [-0.25, -0.2) is 14.4 Å². The van der Waals surface area contributed by atoms with Crippen LogP contribution in [0.1, 0.15) is 21.6 Å². The number of hydrazine groups is 1. The average molecular weight is 571 g/mol. The van der Waals surface area contributed by atoms with Crippen molar-refractivity contribution in [2.24, 2.45) is 7.05 Å². The minimum Gasteiger partial charge on any atom is -0.383 e. The highest BCUT2D eigenvalue weighted by Crippen LogP contribution is 2.32. The maximum Gasteiger partial charge on any atom is 0.417 e. The number of benzene rings is 1. The first-order valence-electron chi connectivity index (χ1n) is 11.7. The van der Waals surface area contributed by atoms with Gasteiger partial charge < -0.3 is 10.5 Å². The Morgan fingerprint density at radius 3 is 2.55 bits per heavy atom. The minimum absolute atomic E-state index is 0.0685. The Bertz CT molecular complexity index is 1590. The summed E-state index contributed by atoms with van der Waals surface area (Å²) in [6.07, 6.45) is -9.70. The fourth-order valence-corrected chi connectivity index (χ4v) is 4.47. The van der Waals surface area contributed by atoms with Crippen molar-refractivity contribution in [3.05, 3.63) is 59.3 Å². The number of nitrogens with zero attached hydrogens (tertiary/aromatic N) is 6. The largest absolute Gasteiger partial charge is 0.417 e. The molecule has 0 bridgehead atoms. The van der Waals surface area contributed by atoms with E-state index in [0.717, 1.165) is 28.2 Å². The maximum absolute atomic E-state index is 15.3. The van der Waals surface area contributed by atoms with E-state index in [1.807, 2.05) is 0 Å². The third-order valence-electron chi connectivity index (χ3n) is 6.48. The van der Waals surface area contributed by atoms with Crippen LogP contribution in [0.15, 0.2) is 36.7 Å². The predicted molar refractivity (Wildman–Crippen MR) is 127 cm³/mol. The van der Waals surface area contributed by atoms with Crippen LogP contribution in [-0.2, 0) is 24.5 Å². The molecule has 2 N–H and O–H groups in total. The van der Waals surface area contributed by atoms with Crippen LogP contribution >= 0.6 is 0 Å². The number of rotatable bonds is 4. The predicted octanol–water partition coefficient (Wildman–Crippen LogP) is 4.08. The van der Waals surface area contributed by atoms with Gasteiger partial charge in [0.2, 0.25) is 0 Å². The molecule has 1 saturated heterocycles. The van der Waals surface area contributed by atoms with Crippen molar-refractivity contribution in [3.8, 4) is 0 Å². The quantitative estimate of drug-likeness (QED) is 0.369. The number of hydrogen-bond donors (Lipinski definition) is 1. The van der Waals surface area contributed by atoms with Gasteiger partial charge in [-0.1, -0.05) is 0 Å². The van der Waals surface area contributed by atoms with E-state index in [2.05, 4.69) is 15.1 Å². The number of carbonyl (C=O) groups excluding carboxylic acids is 1. The van der Waals surface area contributed by atoms with Crippen molar-refractivity contribution < 1.29 is 40.3 Å². The van der Waals surface area contributed by atoms with E-state index in [4.69, 9.17) is 10.5 Å². The molecule has 1 fully saturated rings. The summed E-state index contributed by atoms with van der Waals surface area (Å²) in [6.45, 7) is -1.94. The van der Waals surface area contributed by atoms with Gasteiger partial charge in [0.1, 0.15) is 11.6 Å². The van der Waals surface area contributed by atoms with Crippen molar-refractivity contribution in [2.45, 2.75) is 25.0 Å². The van der Waals surface area contributed by atoms with Crippen LogP contribution in [0.25, 0.3) is 21.8 Å². The molecule has 1 atom stereocenters. The lowest BCUT2D eigenvalue weighted by atomic mass is 10.1. The Kier molecular flexibility index (Phi) is 6.78. The number of amides is 1. The number of nitrogen functional groups attached to an aromatic ring is 1. The van der Waals surface area contributed by atoms with E-state index in [0.29, 0.717) is 22.5 Å². The molecule has 212 valence electrons. The number of nitrogens with two attached hydrogens (primary N) is 1. The van der Waals surface area contributed by atoms with Gasteiger partial charge in [-0.2, -0.15) is 31.4 Å². The summed E-state index contributed by atoms with van der Waals surface area (Å²) in [5.74, 6) is -2.00. The van der Waals surface area contributed by atoms with Gasteiger partial charge in [0, 0.05) is 31.2 Å². The third-order valence-corrected chi connectivity index (χ3v) is 6.48. The topological polar surface area (TPSA) is 102 Å². The molecule has 0 saturated carbocycles. The van der Waals surface area contributed by atoms with Gasteiger partial charge in [0.15, 0.2) is 6.10 Å². The molecular formula is C24H20F7N7O2. The number of aryl methyl sites for hydroxylation is 1. The van der Waals surface area contributed by atoms with Gasteiger partial charge >= 0.3 is 12.4 Å². The maximum atomic E-state index is 15.3. The van der Waals surface area contributed by atoms with Crippen LogP contribution in [0, 0.1) is 5.82 Å². The van der Waals surface area contributed by atoms with Crippen molar-refractivity contribution >= 4 is 33.5 Å². The molecule has 0 spiro atoms. The van der Waals surface area contributed by atoms with Gasteiger partial charge in [0.25, 0.3) is 5.91 Å². The lowest BCUT2D eigenvalue weighted by Crippen LogP contribution is -2.57. The molecule has 5 rings (SSSR count). The smallest absolute Gasteiger partial charge is 0.383 e. The minimum atomic E-state index is -4.76. The summed E-state index contributed by atoms with van der Waals surface area (Å²) in [7, 11) is 1.60. The molecule has 1 aliphatic heterocycles. The van der Waals surface area contributed by atoms with Gasteiger partial charge in [-0.15, -0.1) is 0 Å². The molecule has 1 amide bonds. The Morgan fingerprint density at radius 2 is 1.90 bits per heavy atom. The number of ether oxygens (including phenoxy) is 1. The van der Waals surface area contributed by atoms with Gasteiger partial charge in [-0.3, -0.25) is 19.5 Å². The lowest BCUT2D eigenvalue weighted by molar-refractivity contribution is -0.250. The monoisotopic (exact) mass is 571 g/mol. The zero-order chi connectivity index (χ0) is 29.0. The summed E-state index contributed by atoms with van der Waals surface area (Å²) in [4.78, 5) is 21.6. The van der Waals surface area contributed by atoms with E-state index in [1.165, 1.54) is 16.9 Å². The second-order valence-corrected chi connectivity index (χ2v) is 9.09. The molecular weight excluding hydrogens is 551 g/mol. The highest BCUT2D eigenvalue weighted by molar-refractivity contribution is 6.10. The van der Waals surface area contributed by atoms with E-state index in [9.17, 15) is 31.1 Å². The SMILES string of the molecule is Cn1ncc2c(N)nc3cc(F)c(C(=O)N(Cc4ccc(C(F)(F)F)cn4)N4CCOC(C(F)(F)F)C4)cc3c21. The second kappa shape index (κ2) is 9.85. The van der Waals surface area contributed by atoms with Crippen molar-refractivity contribution in [1.29, 1.82) is 0 Å². The van der Waals surface area contributed by atoms with Crippen molar-refractivity contribution in [3.63, 3.8) is 0 Å². The molecule has 4 aromatic rings. The van der Waals surface area contributed by atoms with E-state index < -0.39 is 61.0 Å². The fraction of sp³-hybridized carbons (Fsp3) is 0.333. The normalized spacial score (nSPS) is 17.1. The number of halogens is 7.